The number of hydrogen-bond donors (Lipinski definition) is 0. The number of rotatable bonds is 2. The van der Waals surface area contributed by atoms with Gasteiger partial charge in [-0.1, -0.05) is 0 Å². The summed E-state index contributed by atoms with van der Waals surface area (Å²) in [6.45, 7) is 0. The van der Waals surface area contributed by atoms with Crippen LogP contribution in [0, 0.1) is 0 Å². The van der Waals surface area contributed by atoms with Crippen molar-refractivity contribution >= 4 is 18.5 Å². The fourth-order valence-corrected chi connectivity index (χ4v) is 6.43. The van der Waals surface area contributed by atoms with Gasteiger partial charge < -0.3 is 0 Å². The summed E-state index contributed by atoms with van der Waals surface area (Å²) in [7, 11) is -0.837. The first-order chi connectivity index (χ1) is 6.36. The van der Waals surface area contributed by atoms with Crippen molar-refractivity contribution < 1.29 is 21.7 Å². The zero-order valence-corrected chi connectivity index (χ0v) is 10.8. The molecular weight excluding hydrogens is 236 g/mol. The molecule has 0 aliphatic rings. The van der Waals surface area contributed by atoms with E-state index in [-0.39, 0.29) is 0 Å². The van der Waals surface area contributed by atoms with Crippen LogP contribution in [0.3, 0.4) is 0 Å². The number of aromatic nitrogens is 1. The standard InChI is InChI=1S/C5H4N.C4H3OS.Zn/c1-2-4-6-5-3-1;5-6-3-1-2-4-6;/h1-4H;1-3H;. The Kier molecular flexibility index (Phi) is 2.84. The molecule has 0 aliphatic carbocycles. The van der Waals surface area contributed by atoms with E-state index < -0.39 is 27.9 Å². The van der Waals surface area contributed by atoms with Crippen molar-refractivity contribution in [1.82, 2.24) is 4.98 Å². The molecule has 2 aromatic rings. The van der Waals surface area contributed by atoms with Gasteiger partial charge in [-0.3, -0.25) is 0 Å². The molecule has 0 aromatic carbocycles. The van der Waals surface area contributed by atoms with Gasteiger partial charge in [0, 0.05) is 0 Å². The molecule has 4 heteroatoms. The topological polar surface area (TPSA) is 36.0 Å². The summed E-state index contributed by atoms with van der Waals surface area (Å²) in [5.74, 6) is 0. The summed E-state index contributed by atoms with van der Waals surface area (Å²) in [5, 5.41) is 1.74. The second-order valence-electron chi connectivity index (χ2n) is 2.76. The predicted molar refractivity (Wildman–Crippen MR) is 48.6 cm³/mol. The first-order valence-corrected chi connectivity index (χ1v) is 8.22. The molecule has 0 bridgehead atoms. The van der Waals surface area contributed by atoms with E-state index in [0.29, 0.717) is 0 Å². The monoisotopic (exact) mass is 241 g/mol. The third-order valence-electron chi connectivity index (χ3n) is 1.82. The van der Waals surface area contributed by atoms with Crippen LogP contribution in [0.15, 0.2) is 41.9 Å². The molecule has 1 unspecified atom stereocenters. The molecule has 0 amide bonds. The van der Waals surface area contributed by atoms with E-state index >= 15 is 0 Å². The summed E-state index contributed by atoms with van der Waals surface area (Å²) < 4.78 is 13.6. The Labute approximate surface area is 87.0 Å². The zero-order valence-electron chi connectivity index (χ0n) is 7.01. The maximum atomic E-state index is 11.4. The molecule has 0 aliphatic heterocycles. The Morgan fingerprint density at radius 3 is 2.77 bits per heavy atom. The van der Waals surface area contributed by atoms with Gasteiger partial charge >= 0.3 is 87.1 Å². The van der Waals surface area contributed by atoms with Gasteiger partial charge in [0.15, 0.2) is 0 Å². The van der Waals surface area contributed by atoms with E-state index in [4.69, 9.17) is 0 Å². The number of pyridine rings is 1. The van der Waals surface area contributed by atoms with Gasteiger partial charge in [0.05, 0.1) is 0 Å². The minimum atomic E-state index is -1.04. The van der Waals surface area contributed by atoms with E-state index in [9.17, 15) is 4.55 Å². The third-order valence-corrected chi connectivity index (χ3v) is 8.29. The molecule has 0 spiro atoms. The average molecular weight is 243 g/mol. The quantitative estimate of drug-likeness (QED) is 0.578. The second-order valence-corrected chi connectivity index (χ2v) is 9.08. The minimum absolute atomic E-state index is 0.837. The van der Waals surface area contributed by atoms with Crippen LogP contribution in [-0.4, -0.2) is 9.54 Å². The van der Waals surface area contributed by atoms with Crippen molar-refractivity contribution in [3.63, 3.8) is 0 Å². The molecule has 0 N–H and O–H groups in total. The fourth-order valence-electron chi connectivity index (χ4n) is 1.18. The van der Waals surface area contributed by atoms with Crippen LogP contribution < -0.4 is 7.76 Å². The Hall–Kier alpha value is -0.567. The van der Waals surface area contributed by atoms with Gasteiger partial charge in [0.25, 0.3) is 0 Å². The first-order valence-electron chi connectivity index (χ1n) is 4.04. The van der Waals surface area contributed by atoms with Gasteiger partial charge in [-0.05, 0) is 0 Å². The summed E-state index contributed by atoms with van der Waals surface area (Å²) in [5.41, 5.74) is 0. The zero-order chi connectivity index (χ0) is 9.10. The van der Waals surface area contributed by atoms with Crippen LogP contribution in [-0.2, 0) is 17.1 Å². The molecule has 0 radical (unpaired) electrons. The van der Waals surface area contributed by atoms with Crippen molar-refractivity contribution in [3.8, 4) is 0 Å². The fraction of sp³-hybridized carbons (Fsp3) is 0. The summed E-state index contributed by atoms with van der Waals surface area (Å²) in [6, 6.07) is 9.77. The van der Waals surface area contributed by atoms with Crippen molar-refractivity contribution in [2.24, 2.45) is 0 Å². The molecule has 62 valence electrons. The van der Waals surface area contributed by atoms with Crippen LogP contribution in [0.5, 0.6) is 0 Å². The van der Waals surface area contributed by atoms with Crippen molar-refractivity contribution in [2.75, 3.05) is 0 Å². The molecule has 2 heterocycles. The SMILES string of the molecule is [O-][s+]1ccc[c]1[Zn][c]1ccccn1. The van der Waals surface area contributed by atoms with Gasteiger partial charge in [0.2, 0.25) is 0 Å². The second kappa shape index (κ2) is 4.10. The van der Waals surface area contributed by atoms with E-state index in [1.807, 2.05) is 30.3 Å². The molecule has 0 fully saturated rings. The number of hydrogen-bond acceptors (Lipinski definition) is 2. The Morgan fingerprint density at radius 1 is 1.23 bits per heavy atom. The number of nitrogens with zero attached hydrogens (tertiary/aromatic N) is 1. The van der Waals surface area contributed by atoms with Gasteiger partial charge in [-0.15, -0.1) is 0 Å². The normalized spacial score (nSPS) is 11.0. The molecule has 2 rings (SSSR count). The van der Waals surface area contributed by atoms with Gasteiger partial charge in [-0.25, -0.2) is 0 Å². The maximum absolute atomic E-state index is 11.4. The van der Waals surface area contributed by atoms with Crippen molar-refractivity contribution in [2.45, 2.75) is 0 Å². The molecule has 2 nitrogen and oxygen atoms in total. The summed E-state index contributed by atoms with van der Waals surface area (Å²) >= 11 is -1.04. The molecular formula is C9H7NOSZn. The molecule has 1 atom stereocenters. The average Bonchev–Trinajstić information content (AvgIpc) is 2.54. The van der Waals surface area contributed by atoms with Crippen molar-refractivity contribution in [3.05, 3.63) is 41.9 Å². The summed E-state index contributed by atoms with van der Waals surface area (Å²) in [4.78, 5) is 4.26. The van der Waals surface area contributed by atoms with Crippen LogP contribution >= 0.6 is 10.8 Å². The van der Waals surface area contributed by atoms with E-state index in [0.717, 1.165) is 7.76 Å². The van der Waals surface area contributed by atoms with E-state index in [1.165, 1.54) is 0 Å². The van der Waals surface area contributed by atoms with E-state index in [1.54, 1.807) is 11.6 Å². The van der Waals surface area contributed by atoms with Gasteiger partial charge in [-0.2, -0.15) is 0 Å². The summed E-state index contributed by atoms with van der Waals surface area (Å²) in [6.07, 6.45) is 1.80. The Morgan fingerprint density at radius 2 is 2.15 bits per heavy atom. The molecule has 0 saturated carbocycles. The first kappa shape index (κ1) is 9.01. The molecule has 2 aromatic heterocycles. The van der Waals surface area contributed by atoms with Crippen LogP contribution in [0.25, 0.3) is 0 Å². The Balaban J connectivity index is 2.20. The van der Waals surface area contributed by atoms with Crippen LogP contribution in [0.4, 0.5) is 0 Å². The third kappa shape index (κ3) is 2.21. The van der Waals surface area contributed by atoms with Crippen molar-refractivity contribution in [1.29, 1.82) is 0 Å². The van der Waals surface area contributed by atoms with Crippen LogP contribution in [0.1, 0.15) is 0 Å². The molecule has 13 heavy (non-hydrogen) atoms. The Bertz CT molecular complexity index is 388. The number of thiophene rings is 1. The van der Waals surface area contributed by atoms with E-state index in [2.05, 4.69) is 4.98 Å². The molecule has 0 saturated heterocycles. The van der Waals surface area contributed by atoms with Gasteiger partial charge in [0.1, 0.15) is 0 Å². The predicted octanol–water partition coefficient (Wildman–Crippen LogP) is 0.843. The van der Waals surface area contributed by atoms with Crippen LogP contribution in [0.2, 0.25) is 0 Å².